The highest BCUT2D eigenvalue weighted by atomic mass is 35.5. The van der Waals surface area contributed by atoms with Crippen LogP contribution in [0.2, 0.25) is 5.02 Å². The minimum Gasteiger partial charge on any atom is -0.325 e. The van der Waals surface area contributed by atoms with Crippen LogP contribution in [0, 0.1) is 0 Å². The maximum Gasteiger partial charge on any atom is 0.132 e. The highest BCUT2D eigenvalue weighted by molar-refractivity contribution is 6.30. The van der Waals surface area contributed by atoms with E-state index >= 15 is 0 Å². The van der Waals surface area contributed by atoms with Gasteiger partial charge in [0.05, 0.1) is 5.69 Å². The molecule has 2 N–H and O–H groups in total. The molecule has 82 valence electrons. The lowest BCUT2D eigenvalue weighted by Crippen LogP contribution is -2.04. The molecular weight excluding hydrogens is 222 g/mol. The average molecular weight is 234 g/mol. The molecule has 1 aromatic heterocycles. The van der Waals surface area contributed by atoms with Crippen molar-refractivity contribution in [3.05, 3.63) is 58.6 Å². The summed E-state index contributed by atoms with van der Waals surface area (Å²) in [7, 11) is 0. The van der Waals surface area contributed by atoms with E-state index in [2.05, 4.69) is 9.97 Å². The van der Waals surface area contributed by atoms with Gasteiger partial charge in [-0.25, -0.2) is 9.97 Å². The standard InChI is InChI=1S/C12H12ClN3/c13-10-3-1-9(2-4-10)7-12-15-6-5-11(8-14)16-12/h1-6H,7-8,14H2. The lowest BCUT2D eigenvalue weighted by molar-refractivity contribution is 0.891. The monoisotopic (exact) mass is 233 g/mol. The maximum absolute atomic E-state index is 5.81. The highest BCUT2D eigenvalue weighted by Gasteiger charge is 2.00. The van der Waals surface area contributed by atoms with Crippen LogP contribution in [0.4, 0.5) is 0 Å². The summed E-state index contributed by atoms with van der Waals surface area (Å²) < 4.78 is 0. The van der Waals surface area contributed by atoms with Gasteiger partial charge < -0.3 is 5.73 Å². The Labute approximate surface area is 99.3 Å². The second-order valence-corrected chi connectivity index (χ2v) is 3.91. The van der Waals surface area contributed by atoms with Crippen LogP contribution >= 0.6 is 11.6 Å². The number of aromatic nitrogens is 2. The lowest BCUT2D eigenvalue weighted by Gasteiger charge is -2.02. The molecule has 4 heteroatoms. The molecule has 3 nitrogen and oxygen atoms in total. The molecule has 0 bridgehead atoms. The molecule has 0 atom stereocenters. The SMILES string of the molecule is NCc1ccnc(Cc2ccc(Cl)cc2)n1. The van der Waals surface area contributed by atoms with Gasteiger partial charge in [0.2, 0.25) is 0 Å². The minimum absolute atomic E-state index is 0.441. The predicted octanol–water partition coefficient (Wildman–Crippen LogP) is 2.18. The Kier molecular flexibility index (Phi) is 3.49. The zero-order valence-electron chi connectivity index (χ0n) is 8.73. The Bertz CT molecular complexity index is 468. The Balaban J connectivity index is 2.16. The van der Waals surface area contributed by atoms with Crippen molar-refractivity contribution < 1.29 is 0 Å². The molecule has 2 rings (SSSR count). The predicted molar refractivity (Wildman–Crippen MR) is 64.2 cm³/mol. The molecule has 1 aromatic carbocycles. The van der Waals surface area contributed by atoms with Gasteiger partial charge in [0.25, 0.3) is 0 Å². The highest BCUT2D eigenvalue weighted by Crippen LogP contribution is 2.11. The molecule has 0 fully saturated rings. The molecule has 1 heterocycles. The Morgan fingerprint density at radius 2 is 1.88 bits per heavy atom. The Morgan fingerprint density at radius 3 is 2.56 bits per heavy atom. The molecular formula is C12H12ClN3. The molecule has 0 aliphatic rings. The molecule has 0 radical (unpaired) electrons. The van der Waals surface area contributed by atoms with Gasteiger partial charge in [-0.15, -0.1) is 0 Å². The van der Waals surface area contributed by atoms with E-state index in [1.54, 1.807) is 6.20 Å². The van der Waals surface area contributed by atoms with Gasteiger partial charge >= 0.3 is 0 Å². The third kappa shape index (κ3) is 2.78. The van der Waals surface area contributed by atoms with Crippen LogP contribution in [0.25, 0.3) is 0 Å². The molecule has 2 aromatic rings. The van der Waals surface area contributed by atoms with Gasteiger partial charge in [-0.2, -0.15) is 0 Å². The molecule has 0 spiro atoms. The van der Waals surface area contributed by atoms with Crippen molar-refractivity contribution in [1.82, 2.24) is 9.97 Å². The quantitative estimate of drug-likeness (QED) is 0.884. The minimum atomic E-state index is 0.441. The summed E-state index contributed by atoms with van der Waals surface area (Å²) in [5, 5.41) is 0.736. The third-order valence-electron chi connectivity index (χ3n) is 2.25. The van der Waals surface area contributed by atoms with Crippen LogP contribution in [0.1, 0.15) is 17.1 Å². The van der Waals surface area contributed by atoms with Crippen molar-refractivity contribution in [3.63, 3.8) is 0 Å². The molecule has 0 aliphatic heterocycles. The number of benzene rings is 1. The van der Waals surface area contributed by atoms with Crippen molar-refractivity contribution in [3.8, 4) is 0 Å². The normalized spacial score (nSPS) is 10.4. The molecule has 0 unspecified atom stereocenters. The number of nitrogens with zero attached hydrogens (tertiary/aromatic N) is 2. The van der Waals surface area contributed by atoms with Gasteiger partial charge in [-0.05, 0) is 23.8 Å². The zero-order valence-corrected chi connectivity index (χ0v) is 9.48. The number of hydrogen-bond acceptors (Lipinski definition) is 3. The summed E-state index contributed by atoms with van der Waals surface area (Å²) in [6.45, 7) is 0.441. The average Bonchev–Trinajstić information content (AvgIpc) is 2.32. The maximum atomic E-state index is 5.81. The summed E-state index contributed by atoms with van der Waals surface area (Å²) in [6, 6.07) is 9.50. The summed E-state index contributed by atoms with van der Waals surface area (Å²) in [5.74, 6) is 0.783. The fourth-order valence-corrected chi connectivity index (χ4v) is 1.55. The first kappa shape index (κ1) is 11.0. The van der Waals surface area contributed by atoms with Crippen molar-refractivity contribution in [2.75, 3.05) is 0 Å². The largest absolute Gasteiger partial charge is 0.325 e. The summed E-state index contributed by atoms with van der Waals surface area (Å²) >= 11 is 5.81. The third-order valence-corrected chi connectivity index (χ3v) is 2.50. The first-order chi connectivity index (χ1) is 7.78. The molecule has 16 heavy (non-hydrogen) atoms. The molecule has 0 amide bonds. The van der Waals surface area contributed by atoms with Crippen LogP contribution in [-0.2, 0) is 13.0 Å². The van der Waals surface area contributed by atoms with E-state index in [1.807, 2.05) is 30.3 Å². The Hall–Kier alpha value is -1.45. The molecule has 0 saturated carbocycles. The summed E-state index contributed by atoms with van der Waals surface area (Å²) in [6.07, 6.45) is 2.44. The van der Waals surface area contributed by atoms with Crippen LogP contribution in [-0.4, -0.2) is 9.97 Å². The van der Waals surface area contributed by atoms with Gasteiger partial charge in [-0.1, -0.05) is 23.7 Å². The van der Waals surface area contributed by atoms with Crippen LogP contribution < -0.4 is 5.73 Å². The fraction of sp³-hybridized carbons (Fsp3) is 0.167. The first-order valence-corrected chi connectivity index (χ1v) is 5.41. The number of hydrogen-bond donors (Lipinski definition) is 1. The van der Waals surface area contributed by atoms with Crippen LogP contribution in [0.15, 0.2) is 36.5 Å². The molecule has 0 saturated heterocycles. The van der Waals surface area contributed by atoms with E-state index in [0.717, 1.165) is 22.1 Å². The fourth-order valence-electron chi connectivity index (χ4n) is 1.42. The smallest absolute Gasteiger partial charge is 0.132 e. The van der Waals surface area contributed by atoms with Crippen molar-refractivity contribution in [2.24, 2.45) is 5.73 Å². The second kappa shape index (κ2) is 5.05. The van der Waals surface area contributed by atoms with E-state index in [9.17, 15) is 0 Å². The second-order valence-electron chi connectivity index (χ2n) is 3.47. The summed E-state index contributed by atoms with van der Waals surface area (Å²) in [4.78, 5) is 8.55. The first-order valence-electron chi connectivity index (χ1n) is 5.03. The van der Waals surface area contributed by atoms with Gasteiger partial charge in [0.1, 0.15) is 5.82 Å². The van der Waals surface area contributed by atoms with E-state index < -0.39 is 0 Å². The number of halogens is 1. The van der Waals surface area contributed by atoms with Crippen LogP contribution in [0.5, 0.6) is 0 Å². The summed E-state index contributed by atoms with van der Waals surface area (Å²) in [5.41, 5.74) is 7.52. The van der Waals surface area contributed by atoms with Crippen molar-refractivity contribution in [2.45, 2.75) is 13.0 Å². The van der Waals surface area contributed by atoms with Crippen molar-refractivity contribution >= 4 is 11.6 Å². The lowest BCUT2D eigenvalue weighted by atomic mass is 10.1. The van der Waals surface area contributed by atoms with E-state index in [-0.39, 0.29) is 0 Å². The van der Waals surface area contributed by atoms with Gasteiger partial charge in [0, 0.05) is 24.2 Å². The van der Waals surface area contributed by atoms with Gasteiger partial charge in [-0.3, -0.25) is 0 Å². The van der Waals surface area contributed by atoms with Gasteiger partial charge in [0.15, 0.2) is 0 Å². The van der Waals surface area contributed by atoms with E-state index in [1.165, 1.54) is 0 Å². The zero-order chi connectivity index (χ0) is 11.4. The Morgan fingerprint density at radius 1 is 1.12 bits per heavy atom. The molecule has 0 aliphatic carbocycles. The topological polar surface area (TPSA) is 51.8 Å². The van der Waals surface area contributed by atoms with E-state index in [0.29, 0.717) is 13.0 Å². The number of nitrogens with two attached hydrogens (primary N) is 1. The number of rotatable bonds is 3. The van der Waals surface area contributed by atoms with Crippen LogP contribution in [0.3, 0.4) is 0 Å². The van der Waals surface area contributed by atoms with E-state index in [4.69, 9.17) is 17.3 Å². The van der Waals surface area contributed by atoms with Crippen molar-refractivity contribution in [1.29, 1.82) is 0 Å².